The Balaban J connectivity index is 0.000000689. The Bertz CT molecular complexity index is 2540. The number of nitrogens with one attached hydrogen (secondary N) is 4. The van der Waals surface area contributed by atoms with Crippen LogP contribution < -0.4 is 52.7 Å². The molecule has 4 rings (SSSR count). The number of aryl methyl sites for hydroxylation is 1. The highest BCUT2D eigenvalue weighted by atomic mass is 16.6. The van der Waals surface area contributed by atoms with Gasteiger partial charge in [-0.15, -0.1) is 0 Å². The molecule has 0 saturated carbocycles. The van der Waals surface area contributed by atoms with Gasteiger partial charge in [-0.05, 0) is 129 Å². The summed E-state index contributed by atoms with van der Waals surface area (Å²) in [6.07, 6.45) is 2.61. The topological polar surface area (TPSA) is 305 Å². The van der Waals surface area contributed by atoms with Crippen LogP contribution in [0.15, 0.2) is 74.9 Å². The number of nitrogens with zero attached hydrogens (tertiary/aromatic N) is 3. The molecule has 21 heteroatoms. The van der Waals surface area contributed by atoms with E-state index in [1.165, 1.54) is 19.2 Å². The number of aromatic hydroxyl groups is 1. The maximum atomic E-state index is 13.6. The predicted octanol–water partition coefficient (Wildman–Crippen LogP) is 5.59. The van der Waals surface area contributed by atoms with Crippen molar-refractivity contribution in [3.8, 4) is 17.2 Å². The van der Waals surface area contributed by atoms with E-state index in [1.54, 1.807) is 52.0 Å². The molecule has 400 valence electrons. The second-order valence-electron chi connectivity index (χ2n) is 18.6. The third-order valence-electron chi connectivity index (χ3n) is 11.7. The Hall–Kier alpha value is -7.42. The summed E-state index contributed by atoms with van der Waals surface area (Å²) in [6, 6.07) is 15.3. The molecule has 0 aliphatic rings. The van der Waals surface area contributed by atoms with Crippen LogP contribution in [0.2, 0.25) is 0 Å². The van der Waals surface area contributed by atoms with Gasteiger partial charge >= 0.3 is 5.63 Å². The molecule has 9 N–H and O–H groups in total. The number of phenols is 1. The van der Waals surface area contributed by atoms with Crippen molar-refractivity contribution in [1.29, 1.82) is 0 Å². The quantitative estimate of drug-likeness (QED) is 0.00663. The second kappa shape index (κ2) is 29.2. The number of carbonyl (C=O) groups is 4. The number of amides is 4. The summed E-state index contributed by atoms with van der Waals surface area (Å²) in [5.74, 6) is -0.918. The standard InChI is InChI=1S/C38H58N8O10.C14H17NO2/c1-25(44-35(51)29(9-7-17-42-36(39)40)45-34(50)23-38(4,5)56-20-16-37(2,3)43-24-47)28-21-31(54-6)32(22-30(28)46(52)53)55-19-8-10-33(49)41-18-15-26-11-13-27(48)14-12-26;1-4-15(5-2)12-7-6-11-8-10(3)14(16)17-13(11)9-12/h11-14,21-22,24-25,29,48H,7-10,15-20,23H2,1-6H3,(H,41,49)(H,43,47)(H,44,51)(H,45,50)(H4,39,40,42);6-9H,4-5H2,1-3H3. The molecule has 1 aromatic heterocycles. The number of guanidine groups is 1. The molecule has 0 saturated heterocycles. The van der Waals surface area contributed by atoms with Crippen LogP contribution in [-0.2, 0) is 30.3 Å². The van der Waals surface area contributed by atoms with Crippen molar-refractivity contribution in [2.75, 3.05) is 51.4 Å². The number of ether oxygens (including phenoxy) is 3. The first-order valence-electron chi connectivity index (χ1n) is 24.3. The Kier molecular flexibility index (Phi) is 23.9. The summed E-state index contributed by atoms with van der Waals surface area (Å²) < 4.78 is 22.5. The molecule has 3 aromatic carbocycles. The van der Waals surface area contributed by atoms with Gasteiger partial charge < -0.3 is 61.4 Å². The minimum absolute atomic E-state index is 0.0724. The van der Waals surface area contributed by atoms with Gasteiger partial charge in [0, 0.05) is 67.4 Å². The van der Waals surface area contributed by atoms with Crippen molar-refractivity contribution >= 4 is 52.4 Å². The van der Waals surface area contributed by atoms with Crippen LogP contribution in [-0.4, -0.2) is 104 Å². The minimum atomic E-state index is -1.04. The first-order chi connectivity index (χ1) is 34.5. The maximum absolute atomic E-state index is 13.6. The van der Waals surface area contributed by atoms with Gasteiger partial charge in [0.1, 0.15) is 17.4 Å². The molecule has 4 aromatic rings. The number of hydrogen-bond donors (Lipinski definition) is 7. The molecular formula is C52H75N9O12. The van der Waals surface area contributed by atoms with Gasteiger partial charge in [0.2, 0.25) is 24.1 Å². The first kappa shape index (κ1) is 59.9. The summed E-state index contributed by atoms with van der Waals surface area (Å²) in [4.78, 5) is 79.3. The third-order valence-corrected chi connectivity index (χ3v) is 11.7. The zero-order chi connectivity index (χ0) is 54.3. The monoisotopic (exact) mass is 1020 g/mol. The van der Waals surface area contributed by atoms with Gasteiger partial charge in [-0.3, -0.25) is 34.3 Å². The Labute approximate surface area is 426 Å². The SMILES string of the molecule is CCN(CC)c1ccc2cc(C)c(=O)oc2c1.COc1cc(C(C)NC(=O)C(CCCN=C(N)N)NC(=O)CC(C)(C)OCCC(C)(C)NC=O)c([N+](=O)[O-])cc1OCCCC(=O)NCCc1ccc(O)cc1. The molecule has 73 heavy (non-hydrogen) atoms. The van der Waals surface area contributed by atoms with Crippen LogP contribution >= 0.6 is 0 Å². The molecule has 1 heterocycles. The van der Waals surface area contributed by atoms with Crippen molar-refractivity contribution in [2.45, 2.75) is 124 Å². The van der Waals surface area contributed by atoms with Gasteiger partial charge in [0.15, 0.2) is 17.5 Å². The maximum Gasteiger partial charge on any atom is 0.339 e. The lowest BCUT2D eigenvalue weighted by atomic mass is 10.0. The van der Waals surface area contributed by atoms with Crippen molar-refractivity contribution in [2.24, 2.45) is 16.5 Å². The molecule has 2 unspecified atom stereocenters. The van der Waals surface area contributed by atoms with E-state index in [4.69, 9.17) is 30.1 Å². The van der Waals surface area contributed by atoms with E-state index < -0.39 is 40.0 Å². The highest BCUT2D eigenvalue weighted by Gasteiger charge is 2.30. The number of hydrogen-bond acceptors (Lipinski definition) is 14. The van der Waals surface area contributed by atoms with Crippen LogP contribution in [0.25, 0.3) is 11.0 Å². The molecule has 0 aliphatic heterocycles. The number of nitro groups is 1. The van der Waals surface area contributed by atoms with E-state index in [0.29, 0.717) is 49.8 Å². The largest absolute Gasteiger partial charge is 0.508 e. The van der Waals surface area contributed by atoms with Crippen molar-refractivity contribution in [1.82, 2.24) is 21.3 Å². The highest BCUT2D eigenvalue weighted by Crippen LogP contribution is 2.38. The minimum Gasteiger partial charge on any atom is -0.508 e. The van der Waals surface area contributed by atoms with E-state index in [2.05, 4.69) is 51.1 Å². The Morgan fingerprint density at radius 2 is 1.66 bits per heavy atom. The fourth-order valence-electron chi connectivity index (χ4n) is 7.50. The van der Waals surface area contributed by atoms with Crippen LogP contribution in [0.3, 0.4) is 0 Å². The number of carbonyl (C=O) groups excluding carboxylic acids is 4. The number of nitrogens with two attached hydrogens (primary N) is 2. The molecule has 2 atom stereocenters. The average molecular weight is 1020 g/mol. The van der Waals surface area contributed by atoms with Crippen molar-refractivity contribution in [3.63, 3.8) is 0 Å². The number of rotatable bonds is 29. The Morgan fingerprint density at radius 3 is 2.29 bits per heavy atom. The number of methoxy groups -OCH3 is 1. The van der Waals surface area contributed by atoms with E-state index in [9.17, 15) is 39.2 Å². The number of benzene rings is 3. The predicted molar refractivity (Wildman–Crippen MR) is 281 cm³/mol. The first-order valence-corrected chi connectivity index (χ1v) is 24.3. The highest BCUT2D eigenvalue weighted by molar-refractivity contribution is 5.88. The zero-order valence-corrected chi connectivity index (χ0v) is 43.6. The summed E-state index contributed by atoms with van der Waals surface area (Å²) in [5.41, 5.74) is 12.4. The smallest absolute Gasteiger partial charge is 0.339 e. The van der Waals surface area contributed by atoms with Crippen molar-refractivity contribution < 1.29 is 47.8 Å². The number of nitro benzene ring substituents is 1. The second-order valence-corrected chi connectivity index (χ2v) is 18.6. The van der Waals surface area contributed by atoms with Gasteiger partial charge in [0.25, 0.3) is 5.69 Å². The van der Waals surface area contributed by atoms with Gasteiger partial charge in [0.05, 0.1) is 48.3 Å². The average Bonchev–Trinajstić information content (AvgIpc) is 3.32. The lowest BCUT2D eigenvalue weighted by Gasteiger charge is -2.29. The lowest BCUT2D eigenvalue weighted by molar-refractivity contribution is -0.385. The molecule has 0 radical (unpaired) electrons. The molecule has 0 bridgehead atoms. The fraction of sp³-hybridized carbons (Fsp3) is 0.500. The third kappa shape index (κ3) is 20.7. The molecule has 0 fully saturated rings. The van der Waals surface area contributed by atoms with Gasteiger partial charge in [-0.1, -0.05) is 12.1 Å². The molecular weight excluding hydrogens is 943 g/mol. The van der Waals surface area contributed by atoms with Crippen LogP contribution in [0, 0.1) is 17.0 Å². The van der Waals surface area contributed by atoms with Crippen molar-refractivity contribution in [3.05, 3.63) is 97.9 Å². The zero-order valence-electron chi connectivity index (χ0n) is 43.6. The van der Waals surface area contributed by atoms with Crippen LogP contribution in [0.1, 0.15) is 110 Å². The number of phenolic OH excluding ortho intramolecular Hbond substituents is 1. The van der Waals surface area contributed by atoms with E-state index in [0.717, 1.165) is 29.7 Å². The summed E-state index contributed by atoms with van der Waals surface area (Å²) >= 11 is 0. The molecule has 0 spiro atoms. The van der Waals surface area contributed by atoms with Crippen LogP contribution in [0.5, 0.6) is 17.2 Å². The number of aliphatic imine (C=N–C) groups is 1. The van der Waals surface area contributed by atoms with Crippen LogP contribution in [0.4, 0.5) is 11.4 Å². The Morgan fingerprint density at radius 1 is 0.959 bits per heavy atom. The van der Waals surface area contributed by atoms with E-state index in [1.807, 2.05) is 32.0 Å². The van der Waals surface area contributed by atoms with E-state index in [-0.39, 0.29) is 85.0 Å². The molecule has 21 nitrogen and oxygen atoms in total. The lowest BCUT2D eigenvalue weighted by Crippen LogP contribution is -2.49. The normalized spacial score (nSPS) is 12.0. The molecule has 4 amide bonds. The summed E-state index contributed by atoms with van der Waals surface area (Å²) in [6.45, 7) is 17.6. The molecule has 0 aliphatic carbocycles. The number of fused-ring (bicyclic) bond motifs is 1. The summed E-state index contributed by atoms with van der Waals surface area (Å²) in [7, 11) is 1.37. The van der Waals surface area contributed by atoms with E-state index >= 15 is 0 Å². The summed E-state index contributed by atoms with van der Waals surface area (Å²) in [5, 5.41) is 33.7. The van der Waals surface area contributed by atoms with Gasteiger partial charge in [-0.2, -0.15) is 0 Å². The number of anilines is 1. The fourth-order valence-corrected chi connectivity index (χ4v) is 7.50. The van der Waals surface area contributed by atoms with Gasteiger partial charge in [-0.25, -0.2) is 4.79 Å².